The fourth-order valence-electron chi connectivity index (χ4n) is 1.90. The molecule has 0 spiro atoms. The molecule has 0 atom stereocenters. The smallest absolute Gasteiger partial charge is 0.251 e. The number of halogens is 1. The van der Waals surface area contributed by atoms with Gasteiger partial charge in [0.1, 0.15) is 16.9 Å². The third kappa shape index (κ3) is 2.35. The molecule has 6 heteroatoms. The van der Waals surface area contributed by atoms with Crippen molar-refractivity contribution in [3.05, 3.63) is 59.4 Å². The Morgan fingerprint density at radius 3 is 2.80 bits per heavy atom. The fraction of sp³-hybridized carbons (Fsp3) is 0.0714. The Morgan fingerprint density at radius 2 is 1.95 bits per heavy atom. The topological polar surface area (TPSA) is 70.7 Å². The fourth-order valence-corrected chi connectivity index (χ4v) is 1.90. The van der Waals surface area contributed by atoms with E-state index in [0.29, 0.717) is 22.2 Å². The number of carbonyl (C=O) groups excluding carboxylic acids is 1. The van der Waals surface area contributed by atoms with Crippen LogP contribution in [0.25, 0.3) is 11.0 Å². The predicted octanol–water partition coefficient (Wildman–Crippen LogP) is 2.03. The van der Waals surface area contributed by atoms with Crippen molar-refractivity contribution < 1.29 is 9.18 Å². The number of nitrogens with zero attached hydrogens (tertiary/aromatic N) is 2. The van der Waals surface area contributed by atoms with Crippen LogP contribution in [0.4, 0.5) is 4.39 Å². The second kappa shape index (κ2) is 5.08. The normalized spacial score (nSPS) is 10.7. The van der Waals surface area contributed by atoms with Crippen LogP contribution in [0, 0.1) is 5.82 Å². The largest absolute Gasteiger partial charge is 0.348 e. The number of H-pyrrole nitrogens is 1. The van der Waals surface area contributed by atoms with Crippen molar-refractivity contribution in [3.8, 4) is 0 Å². The first-order valence-corrected chi connectivity index (χ1v) is 6.06. The first-order valence-electron chi connectivity index (χ1n) is 6.06. The van der Waals surface area contributed by atoms with E-state index in [1.165, 1.54) is 6.07 Å². The summed E-state index contributed by atoms with van der Waals surface area (Å²) >= 11 is 0. The Kier molecular flexibility index (Phi) is 3.12. The second-order valence-electron chi connectivity index (χ2n) is 4.30. The van der Waals surface area contributed by atoms with Crippen molar-refractivity contribution in [1.29, 1.82) is 0 Å². The first-order chi connectivity index (χ1) is 9.74. The zero-order valence-corrected chi connectivity index (χ0v) is 10.4. The Balaban J connectivity index is 1.74. The van der Waals surface area contributed by atoms with Crippen LogP contribution in [0.5, 0.6) is 0 Å². The summed E-state index contributed by atoms with van der Waals surface area (Å²) in [5, 5.41) is 13.0. The van der Waals surface area contributed by atoms with Crippen LogP contribution in [0.3, 0.4) is 0 Å². The van der Waals surface area contributed by atoms with Gasteiger partial charge in [-0.25, -0.2) is 4.39 Å². The molecule has 3 aromatic rings. The van der Waals surface area contributed by atoms with Crippen LogP contribution in [0.1, 0.15) is 15.9 Å². The summed E-state index contributed by atoms with van der Waals surface area (Å²) in [6, 6.07) is 11.3. The molecule has 1 amide bonds. The number of carbonyl (C=O) groups is 1. The minimum atomic E-state index is -0.334. The molecule has 0 radical (unpaired) electrons. The van der Waals surface area contributed by atoms with Gasteiger partial charge in [-0.15, -0.1) is 0 Å². The van der Waals surface area contributed by atoms with E-state index in [1.807, 2.05) is 0 Å². The number of benzene rings is 2. The molecule has 5 nitrogen and oxygen atoms in total. The van der Waals surface area contributed by atoms with Gasteiger partial charge in [0.05, 0.1) is 0 Å². The van der Waals surface area contributed by atoms with Crippen molar-refractivity contribution in [1.82, 2.24) is 20.7 Å². The summed E-state index contributed by atoms with van der Waals surface area (Å²) in [4.78, 5) is 12.0. The first kappa shape index (κ1) is 12.3. The summed E-state index contributed by atoms with van der Waals surface area (Å²) in [6.45, 7) is 0.141. The maximum absolute atomic E-state index is 13.4. The van der Waals surface area contributed by atoms with Gasteiger partial charge in [0.2, 0.25) is 0 Å². The highest BCUT2D eigenvalue weighted by Crippen LogP contribution is 2.11. The number of rotatable bonds is 3. The van der Waals surface area contributed by atoms with E-state index in [2.05, 4.69) is 20.7 Å². The van der Waals surface area contributed by atoms with Gasteiger partial charge >= 0.3 is 0 Å². The number of hydrogen-bond donors (Lipinski definition) is 2. The van der Waals surface area contributed by atoms with Gasteiger partial charge in [0.25, 0.3) is 5.91 Å². The SMILES string of the molecule is O=C(NCc1ccccc1F)c1ccc2n[nH]nc2c1. The molecular weight excluding hydrogens is 259 g/mol. The molecule has 0 aliphatic carbocycles. The van der Waals surface area contributed by atoms with Crippen LogP contribution in [0.15, 0.2) is 42.5 Å². The standard InChI is InChI=1S/C14H11FN4O/c15-11-4-2-1-3-10(11)8-16-14(20)9-5-6-12-13(7-9)18-19-17-12/h1-7H,8H2,(H,16,20)(H,17,18,19). The van der Waals surface area contributed by atoms with Gasteiger partial charge in [0, 0.05) is 17.7 Å². The highest BCUT2D eigenvalue weighted by molar-refractivity contribution is 5.97. The maximum atomic E-state index is 13.4. The average molecular weight is 270 g/mol. The van der Waals surface area contributed by atoms with E-state index in [9.17, 15) is 9.18 Å². The van der Waals surface area contributed by atoms with E-state index >= 15 is 0 Å². The van der Waals surface area contributed by atoms with Gasteiger partial charge in [-0.3, -0.25) is 4.79 Å². The van der Waals surface area contributed by atoms with Crippen LogP contribution in [0.2, 0.25) is 0 Å². The van der Waals surface area contributed by atoms with Gasteiger partial charge < -0.3 is 5.32 Å². The van der Waals surface area contributed by atoms with E-state index in [1.54, 1.807) is 36.4 Å². The molecule has 0 unspecified atom stereocenters. The van der Waals surface area contributed by atoms with Crippen molar-refractivity contribution in [3.63, 3.8) is 0 Å². The maximum Gasteiger partial charge on any atom is 0.251 e. The molecule has 2 aromatic carbocycles. The molecular formula is C14H11FN4O. The molecule has 1 aromatic heterocycles. The minimum absolute atomic E-state index is 0.141. The minimum Gasteiger partial charge on any atom is -0.348 e. The number of aromatic amines is 1. The van der Waals surface area contributed by atoms with Crippen LogP contribution >= 0.6 is 0 Å². The van der Waals surface area contributed by atoms with E-state index < -0.39 is 0 Å². The summed E-state index contributed by atoms with van der Waals surface area (Å²) < 4.78 is 13.4. The van der Waals surface area contributed by atoms with Crippen molar-refractivity contribution in [2.24, 2.45) is 0 Å². The lowest BCUT2D eigenvalue weighted by molar-refractivity contribution is 0.0950. The lowest BCUT2D eigenvalue weighted by atomic mass is 10.1. The lowest BCUT2D eigenvalue weighted by Gasteiger charge is -2.06. The van der Waals surface area contributed by atoms with E-state index in [-0.39, 0.29) is 18.3 Å². The molecule has 2 N–H and O–H groups in total. The third-order valence-electron chi connectivity index (χ3n) is 2.98. The Morgan fingerprint density at radius 1 is 1.15 bits per heavy atom. The number of hydrogen-bond acceptors (Lipinski definition) is 3. The molecule has 20 heavy (non-hydrogen) atoms. The summed E-state index contributed by atoms with van der Waals surface area (Å²) in [5.74, 6) is -0.613. The van der Waals surface area contributed by atoms with Crippen LogP contribution in [-0.4, -0.2) is 21.3 Å². The Labute approximate surface area is 113 Å². The number of amides is 1. The van der Waals surface area contributed by atoms with Crippen molar-refractivity contribution in [2.75, 3.05) is 0 Å². The third-order valence-corrected chi connectivity index (χ3v) is 2.98. The van der Waals surface area contributed by atoms with Crippen molar-refractivity contribution in [2.45, 2.75) is 6.54 Å². The highest BCUT2D eigenvalue weighted by atomic mass is 19.1. The monoisotopic (exact) mass is 270 g/mol. The molecule has 0 fully saturated rings. The Hall–Kier alpha value is -2.76. The molecule has 0 aliphatic heterocycles. The number of nitrogens with one attached hydrogen (secondary N) is 2. The zero-order valence-electron chi connectivity index (χ0n) is 10.4. The van der Waals surface area contributed by atoms with Gasteiger partial charge in [-0.2, -0.15) is 15.4 Å². The number of fused-ring (bicyclic) bond motifs is 1. The summed E-state index contributed by atoms with van der Waals surface area (Å²) in [7, 11) is 0. The quantitative estimate of drug-likeness (QED) is 0.765. The van der Waals surface area contributed by atoms with Crippen molar-refractivity contribution >= 4 is 16.9 Å². The van der Waals surface area contributed by atoms with E-state index in [0.717, 1.165) is 0 Å². The van der Waals surface area contributed by atoms with Crippen LogP contribution < -0.4 is 5.32 Å². The molecule has 0 saturated heterocycles. The predicted molar refractivity (Wildman–Crippen MR) is 71.5 cm³/mol. The summed E-state index contributed by atoms with van der Waals surface area (Å²) in [6.07, 6.45) is 0. The lowest BCUT2D eigenvalue weighted by Crippen LogP contribution is -2.23. The van der Waals surface area contributed by atoms with Crippen LogP contribution in [-0.2, 0) is 6.54 Å². The molecule has 0 bridgehead atoms. The molecule has 100 valence electrons. The van der Waals surface area contributed by atoms with Gasteiger partial charge in [-0.1, -0.05) is 18.2 Å². The zero-order chi connectivity index (χ0) is 13.9. The Bertz CT molecular complexity index is 768. The molecule has 1 heterocycles. The highest BCUT2D eigenvalue weighted by Gasteiger charge is 2.09. The second-order valence-corrected chi connectivity index (χ2v) is 4.30. The van der Waals surface area contributed by atoms with Gasteiger partial charge in [-0.05, 0) is 24.3 Å². The molecule has 3 rings (SSSR count). The number of aromatic nitrogens is 3. The van der Waals surface area contributed by atoms with E-state index in [4.69, 9.17) is 0 Å². The average Bonchev–Trinajstić information content (AvgIpc) is 2.93. The molecule has 0 aliphatic rings. The molecule has 0 saturated carbocycles. The summed E-state index contributed by atoms with van der Waals surface area (Å²) in [5.41, 5.74) is 2.21. The van der Waals surface area contributed by atoms with Gasteiger partial charge in [0.15, 0.2) is 0 Å².